The van der Waals surface area contributed by atoms with Crippen LogP contribution >= 0.6 is 0 Å². The summed E-state index contributed by atoms with van der Waals surface area (Å²) in [5.74, 6) is 0.0396. The molecule has 2 aromatic carbocycles. The van der Waals surface area contributed by atoms with Crippen LogP contribution in [-0.4, -0.2) is 68.6 Å². The molecule has 2 aromatic rings. The van der Waals surface area contributed by atoms with Gasteiger partial charge in [-0.25, -0.2) is 4.39 Å². The van der Waals surface area contributed by atoms with Gasteiger partial charge in [-0.05, 0) is 30.7 Å². The molecule has 1 N–H and O–H groups in total. The molecular formula is C24H29FN4O3. The van der Waals surface area contributed by atoms with Crippen LogP contribution in [0, 0.1) is 5.82 Å². The summed E-state index contributed by atoms with van der Waals surface area (Å²) >= 11 is 0. The zero-order valence-electron chi connectivity index (χ0n) is 18.3. The number of hydrogen-bond acceptors (Lipinski definition) is 5. The Balaban J connectivity index is 1.25. The molecule has 4 rings (SSSR count). The fourth-order valence-electron chi connectivity index (χ4n) is 4.17. The lowest BCUT2D eigenvalue weighted by Crippen LogP contribution is -2.51. The summed E-state index contributed by atoms with van der Waals surface area (Å²) in [6.07, 6.45) is -0.0205. The van der Waals surface area contributed by atoms with Gasteiger partial charge in [-0.15, -0.1) is 0 Å². The molecule has 0 spiro atoms. The molecule has 2 amide bonds. The van der Waals surface area contributed by atoms with Crippen molar-refractivity contribution in [2.75, 3.05) is 55.6 Å². The molecule has 2 heterocycles. The van der Waals surface area contributed by atoms with Gasteiger partial charge < -0.3 is 15.0 Å². The third-order valence-corrected chi connectivity index (χ3v) is 5.95. The lowest BCUT2D eigenvalue weighted by molar-refractivity contribution is -0.129. The van der Waals surface area contributed by atoms with Gasteiger partial charge in [-0.3, -0.25) is 19.4 Å². The first kappa shape index (κ1) is 22.1. The number of ether oxygens (including phenoxy) is 1. The highest BCUT2D eigenvalue weighted by Crippen LogP contribution is 2.34. The number of nitrogens with zero attached hydrogens (tertiary/aromatic N) is 3. The average Bonchev–Trinajstić information content (AvgIpc) is 2.81. The van der Waals surface area contributed by atoms with E-state index in [0.29, 0.717) is 36.6 Å². The van der Waals surface area contributed by atoms with Gasteiger partial charge in [0.1, 0.15) is 18.1 Å². The van der Waals surface area contributed by atoms with Crippen molar-refractivity contribution in [3.63, 3.8) is 0 Å². The number of amides is 2. The second-order valence-corrected chi connectivity index (χ2v) is 8.04. The number of anilines is 2. The van der Waals surface area contributed by atoms with Gasteiger partial charge in [0.05, 0.1) is 11.4 Å². The van der Waals surface area contributed by atoms with Crippen LogP contribution in [-0.2, 0) is 9.59 Å². The van der Waals surface area contributed by atoms with Crippen LogP contribution in [0.4, 0.5) is 15.8 Å². The molecule has 0 unspecified atom stereocenters. The molecule has 1 saturated heterocycles. The minimum absolute atomic E-state index is 0.0310. The Morgan fingerprint density at radius 1 is 1.06 bits per heavy atom. The van der Waals surface area contributed by atoms with Crippen molar-refractivity contribution in [2.24, 2.45) is 0 Å². The number of para-hydroxylation sites is 3. The SMILES string of the molecule is CC[C@H]1Oc2ccccc2N(CC(=O)NCCN2CCN(c3ccccc3F)CC2)C1=O. The Morgan fingerprint density at radius 2 is 1.75 bits per heavy atom. The summed E-state index contributed by atoms with van der Waals surface area (Å²) < 4.78 is 19.7. The largest absolute Gasteiger partial charge is 0.478 e. The average molecular weight is 441 g/mol. The highest BCUT2D eigenvalue weighted by Gasteiger charge is 2.34. The minimum atomic E-state index is -0.566. The zero-order chi connectivity index (χ0) is 22.5. The van der Waals surface area contributed by atoms with Crippen molar-refractivity contribution >= 4 is 23.2 Å². The lowest BCUT2D eigenvalue weighted by atomic mass is 10.1. The van der Waals surface area contributed by atoms with E-state index in [1.807, 2.05) is 31.2 Å². The van der Waals surface area contributed by atoms with Gasteiger partial charge in [-0.1, -0.05) is 31.2 Å². The molecule has 0 radical (unpaired) electrons. The molecule has 1 fully saturated rings. The molecule has 2 aliphatic heterocycles. The van der Waals surface area contributed by atoms with Crippen LogP contribution < -0.4 is 19.9 Å². The summed E-state index contributed by atoms with van der Waals surface area (Å²) in [5.41, 5.74) is 1.27. The second-order valence-electron chi connectivity index (χ2n) is 8.04. The monoisotopic (exact) mass is 440 g/mol. The van der Waals surface area contributed by atoms with Gasteiger partial charge in [0, 0.05) is 39.3 Å². The maximum atomic E-state index is 14.0. The number of halogens is 1. The minimum Gasteiger partial charge on any atom is -0.478 e. The third-order valence-electron chi connectivity index (χ3n) is 5.95. The number of nitrogens with one attached hydrogen (secondary N) is 1. The second kappa shape index (κ2) is 9.99. The molecule has 32 heavy (non-hydrogen) atoms. The number of rotatable bonds is 7. The normalized spacial score (nSPS) is 18.8. The van der Waals surface area contributed by atoms with Crippen molar-refractivity contribution in [2.45, 2.75) is 19.4 Å². The molecule has 8 heteroatoms. The number of carbonyl (C=O) groups is 2. The molecule has 7 nitrogen and oxygen atoms in total. The third kappa shape index (κ3) is 4.85. The zero-order valence-corrected chi connectivity index (χ0v) is 18.3. The molecule has 170 valence electrons. The van der Waals surface area contributed by atoms with Gasteiger partial charge in [-0.2, -0.15) is 0 Å². The summed E-state index contributed by atoms with van der Waals surface area (Å²) in [6.45, 7) is 6.16. The Hall–Kier alpha value is -3.13. The summed E-state index contributed by atoms with van der Waals surface area (Å²) in [4.78, 5) is 31.1. The van der Waals surface area contributed by atoms with E-state index in [0.717, 1.165) is 26.2 Å². The molecule has 1 atom stereocenters. The smallest absolute Gasteiger partial charge is 0.268 e. The Labute approximate surface area is 187 Å². The topological polar surface area (TPSA) is 65.1 Å². The van der Waals surface area contributed by atoms with Crippen molar-refractivity contribution in [3.05, 3.63) is 54.3 Å². The number of benzene rings is 2. The molecule has 0 aromatic heterocycles. The summed E-state index contributed by atoms with van der Waals surface area (Å²) in [5, 5.41) is 2.92. The van der Waals surface area contributed by atoms with E-state index >= 15 is 0 Å². The first-order valence-electron chi connectivity index (χ1n) is 11.1. The quantitative estimate of drug-likeness (QED) is 0.716. The maximum Gasteiger partial charge on any atom is 0.268 e. The van der Waals surface area contributed by atoms with E-state index in [9.17, 15) is 14.0 Å². The predicted molar refractivity (Wildman–Crippen MR) is 122 cm³/mol. The molecular weight excluding hydrogens is 411 g/mol. The van der Waals surface area contributed by atoms with Gasteiger partial charge in [0.2, 0.25) is 5.91 Å². The Morgan fingerprint density at radius 3 is 2.47 bits per heavy atom. The lowest BCUT2D eigenvalue weighted by Gasteiger charge is -2.36. The van der Waals surface area contributed by atoms with Crippen LogP contribution in [0.15, 0.2) is 48.5 Å². The first-order chi connectivity index (χ1) is 15.6. The molecule has 0 aliphatic carbocycles. The van der Waals surface area contributed by atoms with Gasteiger partial charge in [0.25, 0.3) is 5.91 Å². The highest BCUT2D eigenvalue weighted by atomic mass is 19.1. The van der Waals surface area contributed by atoms with Crippen LogP contribution in [0.5, 0.6) is 5.75 Å². The van der Waals surface area contributed by atoms with Crippen LogP contribution in [0.25, 0.3) is 0 Å². The van der Waals surface area contributed by atoms with Crippen molar-refractivity contribution in [1.29, 1.82) is 0 Å². The fourth-order valence-corrected chi connectivity index (χ4v) is 4.17. The maximum absolute atomic E-state index is 14.0. The van der Waals surface area contributed by atoms with Crippen LogP contribution in [0.1, 0.15) is 13.3 Å². The Bertz CT molecular complexity index is 962. The molecule has 2 aliphatic rings. The fraction of sp³-hybridized carbons (Fsp3) is 0.417. The summed E-state index contributed by atoms with van der Waals surface area (Å²) in [7, 11) is 0. The highest BCUT2D eigenvalue weighted by molar-refractivity contribution is 6.03. The predicted octanol–water partition coefficient (Wildman–Crippen LogP) is 2.27. The number of fused-ring (bicyclic) bond motifs is 1. The van der Waals surface area contributed by atoms with Gasteiger partial charge in [0.15, 0.2) is 6.10 Å². The van der Waals surface area contributed by atoms with E-state index in [-0.39, 0.29) is 24.2 Å². The molecule has 0 bridgehead atoms. The Kier molecular flexibility index (Phi) is 6.90. The summed E-state index contributed by atoms with van der Waals surface area (Å²) in [6, 6.07) is 14.1. The van der Waals surface area contributed by atoms with Crippen molar-refractivity contribution in [3.8, 4) is 5.75 Å². The number of carbonyl (C=O) groups excluding carboxylic acids is 2. The van der Waals surface area contributed by atoms with E-state index in [1.54, 1.807) is 18.2 Å². The van der Waals surface area contributed by atoms with E-state index in [4.69, 9.17) is 4.74 Å². The van der Waals surface area contributed by atoms with Crippen molar-refractivity contribution < 1.29 is 18.7 Å². The van der Waals surface area contributed by atoms with Crippen molar-refractivity contribution in [1.82, 2.24) is 10.2 Å². The van der Waals surface area contributed by atoms with Crippen LogP contribution in [0.3, 0.4) is 0 Å². The van der Waals surface area contributed by atoms with E-state index < -0.39 is 6.10 Å². The van der Waals surface area contributed by atoms with E-state index in [2.05, 4.69) is 15.1 Å². The number of hydrogen-bond donors (Lipinski definition) is 1. The van der Waals surface area contributed by atoms with Gasteiger partial charge >= 0.3 is 0 Å². The van der Waals surface area contributed by atoms with E-state index in [1.165, 1.54) is 11.0 Å². The first-order valence-corrected chi connectivity index (χ1v) is 11.1. The molecule has 0 saturated carbocycles. The standard InChI is InChI=1S/C24H29FN4O3/c1-2-21-24(31)29(20-9-5-6-10-22(20)32-21)17-23(30)26-11-12-27-13-15-28(16-14-27)19-8-4-3-7-18(19)25/h3-10,21H,2,11-17H2,1H3,(H,26,30)/t21-/m1/s1. The van der Waals surface area contributed by atoms with Crippen LogP contribution in [0.2, 0.25) is 0 Å². The number of piperazine rings is 1.